The van der Waals surface area contributed by atoms with Gasteiger partial charge in [-0.05, 0) is 42.2 Å². The van der Waals surface area contributed by atoms with Gasteiger partial charge in [0, 0.05) is 5.92 Å². The summed E-state index contributed by atoms with van der Waals surface area (Å²) in [4.78, 5) is 0. The van der Waals surface area contributed by atoms with E-state index in [4.69, 9.17) is 14.2 Å². The van der Waals surface area contributed by atoms with Gasteiger partial charge in [-0.15, -0.1) is 0 Å². The van der Waals surface area contributed by atoms with Crippen LogP contribution in [0.3, 0.4) is 0 Å². The molecule has 0 bridgehead atoms. The van der Waals surface area contributed by atoms with Crippen molar-refractivity contribution in [3.63, 3.8) is 0 Å². The Bertz CT molecular complexity index is 756. The molecule has 1 fully saturated rings. The maximum Gasteiger partial charge on any atom is 0.200 e. The molecular formula is C19H19F3O3. The van der Waals surface area contributed by atoms with Crippen LogP contribution in [0, 0.1) is 17.5 Å². The predicted molar refractivity (Wildman–Crippen MR) is 86.5 cm³/mol. The summed E-state index contributed by atoms with van der Waals surface area (Å²) < 4.78 is 57.4. The number of halogens is 3. The van der Waals surface area contributed by atoms with E-state index >= 15 is 0 Å². The zero-order valence-electron chi connectivity index (χ0n) is 14.0. The molecule has 0 aliphatic carbocycles. The van der Waals surface area contributed by atoms with Gasteiger partial charge in [0.2, 0.25) is 5.82 Å². The first-order valence-corrected chi connectivity index (χ1v) is 8.02. The first-order valence-electron chi connectivity index (χ1n) is 8.02. The summed E-state index contributed by atoms with van der Waals surface area (Å²) in [7, 11) is 2.70. The van der Waals surface area contributed by atoms with E-state index < -0.39 is 17.5 Å². The van der Waals surface area contributed by atoms with E-state index in [0.29, 0.717) is 18.4 Å². The highest BCUT2D eigenvalue weighted by Gasteiger charge is 2.28. The second kappa shape index (κ2) is 7.35. The van der Waals surface area contributed by atoms with Crippen LogP contribution < -0.4 is 9.47 Å². The lowest BCUT2D eigenvalue weighted by molar-refractivity contribution is 0.00142. The first-order chi connectivity index (χ1) is 12.0. The van der Waals surface area contributed by atoms with Crippen LogP contribution in [0.5, 0.6) is 11.5 Å². The molecule has 1 aliphatic rings. The van der Waals surface area contributed by atoms with Gasteiger partial charge in [-0.2, -0.15) is 4.39 Å². The van der Waals surface area contributed by atoms with Crippen LogP contribution in [-0.2, 0) is 4.74 Å². The molecule has 0 amide bonds. The van der Waals surface area contributed by atoms with Crippen LogP contribution in [0.4, 0.5) is 13.2 Å². The molecule has 0 spiro atoms. The highest BCUT2D eigenvalue weighted by atomic mass is 19.2. The molecule has 1 saturated heterocycles. The fraction of sp³-hybridized carbons (Fsp3) is 0.368. The molecule has 2 atom stereocenters. The largest absolute Gasteiger partial charge is 0.494 e. The number of methoxy groups -OCH3 is 2. The van der Waals surface area contributed by atoms with Gasteiger partial charge in [-0.3, -0.25) is 0 Å². The average Bonchev–Trinajstić information content (AvgIpc) is 2.64. The lowest BCUT2D eigenvalue weighted by Gasteiger charge is -2.30. The molecule has 0 aromatic heterocycles. The van der Waals surface area contributed by atoms with Crippen molar-refractivity contribution in [2.75, 3.05) is 20.8 Å². The zero-order chi connectivity index (χ0) is 18.0. The lowest BCUT2D eigenvalue weighted by atomic mass is 9.89. The second-order valence-electron chi connectivity index (χ2n) is 5.98. The van der Waals surface area contributed by atoms with Crippen LogP contribution in [-0.4, -0.2) is 20.8 Å². The maximum absolute atomic E-state index is 14.2. The van der Waals surface area contributed by atoms with Gasteiger partial charge >= 0.3 is 0 Å². The Balaban J connectivity index is 1.72. The number of hydrogen-bond acceptors (Lipinski definition) is 3. The number of ether oxygens (including phenoxy) is 3. The van der Waals surface area contributed by atoms with Gasteiger partial charge < -0.3 is 14.2 Å². The topological polar surface area (TPSA) is 27.7 Å². The Kier molecular flexibility index (Phi) is 5.18. The number of rotatable bonds is 4. The molecule has 1 heterocycles. The van der Waals surface area contributed by atoms with Crippen molar-refractivity contribution in [3.8, 4) is 11.5 Å². The van der Waals surface area contributed by atoms with Crippen LogP contribution in [0.2, 0.25) is 0 Å². The van der Waals surface area contributed by atoms with Gasteiger partial charge in [0.25, 0.3) is 0 Å². The fourth-order valence-corrected chi connectivity index (χ4v) is 3.16. The predicted octanol–water partition coefficient (Wildman–Crippen LogP) is 4.76. The summed E-state index contributed by atoms with van der Waals surface area (Å²) in [5, 5.41) is 0. The Morgan fingerprint density at radius 3 is 2.24 bits per heavy atom. The summed E-state index contributed by atoms with van der Waals surface area (Å²) in [5.74, 6) is -2.53. The molecule has 6 heteroatoms. The van der Waals surface area contributed by atoms with Crippen LogP contribution in [0.25, 0.3) is 0 Å². The smallest absolute Gasteiger partial charge is 0.200 e. The molecule has 25 heavy (non-hydrogen) atoms. The summed E-state index contributed by atoms with van der Waals surface area (Å²) in [6, 6.07) is 7.63. The molecule has 3 nitrogen and oxygen atoms in total. The maximum atomic E-state index is 14.2. The van der Waals surface area contributed by atoms with Gasteiger partial charge in [0.05, 0.1) is 26.9 Å². The van der Waals surface area contributed by atoms with Gasteiger partial charge in [0.1, 0.15) is 0 Å². The van der Waals surface area contributed by atoms with E-state index in [1.807, 2.05) is 0 Å². The molecule has 2 unspecified atom stereocenters. The van der Waals surface area contributed by atoms with E-state index in [1.165, 1.54) is 32.4 Å². The molecular weight excluding hydrogens is 333 g/mol. The SMILES string of the molecule is COc1ccc(C2CCC(c3ccc(OC)c(F)c3F)CO2)cc1F. The highest BCUT2D eigenvalue weighted by Crippen LogP contribution is 2.38. The Hall–Kier alpha value is -2.21. The normalized spacial score (nSPS) is 20.4. The fourth-order valence-electron chi connectivity index (χ4n) is 3.16. The van der Waals surface area contributed by atoms with Gasteiger partial charge in [-0.25, -0.2) is 8.78 Å². The molecule has 0 N–H and O–H groups in total. The molecule has 2 aromatic carbocycles. The van der Waals surface area contributed by atoms with Crippen molar-refractivity contribution in [1.29, 1.82) is 0 Å². The van der Waals surface area contributed by atoms with E-state index in [2.05, 4.69) is 0 Å². The summed E-state index contributed by atoms with van der Waals surface area (Å²) in [6.07, 6.45) is 0.924. The number of hydrogen-bond donors (Lipinski definition) is 0. The van der Waals surface area contributed by atoms with Crippen LogP contribution in [0.1, 0.15) is 36.0 Å². The third kappa shape index (κ3) is 3.44. The highest BCUT2D eigenvalue weighted by molar-refractivity contribution is 5.34. The van der Waals surface area contributed by atoms with Crippen molar-refractivity contribution >= 4 is 0 Å². The molecule has 2 aromatic rings. The Labute approximate surface area is 144 Å². The van der Waals surface area contributed by atoms with Crippen LogP contribution >= 0.6 is 0 Å². The molecule has 0 radical (unpaired) electrons. The second-order valence-corrected chi connectivity index (χ2v) is 5.98. The minimum Gasteiger partial charge on any atom is -0.494 e. The van der Waals surface area contributed by atoms with E-state index in [0.717, 1.165) is 0 Å². The minimum atomic E-state index is -0.987. The summed E-state index contributed by atoms with van der Waals surface area (Å²) >= 11 is 0. The quantitative estimate of drug-likeness (QED) is 0.794. The number of benzene rings is 2. The van der Waals surface area contributed by atoms with E-state index in [9.17, 15) is 13.2 Å². The van der Waals surface area contributed by atoms with Crippen molar-refractivity contribution in [2.24, 2.45) is 0 Å². The molecule has 3 rings (SSSR count). The van der Waals surface area contributed by atoms with Crippen molar-refractivity contribution in [1.82, 2.24) is 0 Å². The molecule has 134 valence electrons. The van der Waals surface area contributed by atoms with Crippen LogP contribution in [0.15, 0.2) is 30.3 Å². The standard InChI is InChI=1S/C19H19F3O3/c1-23-16-7-3-11(9-14(16)20)15-6-4-12(10-25-15)13-5-8-17(24-2)19(22)18(13)21/h3,5,7-9,12,15H,4,6,10H2,1-2H3. The summed E-state index contributed by atoms with van der Waals surface area (Å²) in [5.41, 5.74) is 0.982. The van der Waals surface area contributed by atoms with E-state index in [-0.39, 0.29) is 35.7 Å². The van der Waals surface area contributed by atoms with E-state index in [1.54, 1.807) is 12.1 Å². The average molecular weight is 352 g/mol. The minimum absolute atomic E-state index is 0.121. The molecule has 1 aliphatic heterocycles. The van der Waals surface area contributed by atoms with Gasteiger partial charge in [0.15, 0.2) is 23.1 Å². The van der Waals surface area contributed by atoms with Crippen molar-refractivity contribution < 1.29 is 27.4 Å². The monoisotopic (exact) mass is 352 g/mol. The Morgan fingerprint density at radius 1 is 0.920 bits per heavy atom. The first kappa shape index (κ1) is 17.6. The van der Waals surface area contributed by atoms with Crippen molar-refractivity contribution in [2.45, 2.75) is 24.9 Å². The van der Waals surface area contributed by atoms with Gasteiger partial charge in [-0.1, -0.05) is 12.1 Å². The zero-order valence-corrected chi connectivity index (χ0v) is 14.0. The third-order valence-electron chi connectivity index (χ3n) is 4.56. The Morgan fingerprint density at radius 2 is 1.64 bits per heavy atom. The van der Waals surface area contributed by atoms with Crippen molar-refractivity contribution in [3.05, 3.63) is 58.9 Å². The third-order valence-corrected chi connectivity index (χ3v) is 4.56. The molecule has 0 saturated carbocycles. The lowest BCUT2D eigenvalue weighted by Crippen LogP contribution is -2.20. The summed E-state index contributed by atoms with van der Waals surface area (Å²) in [6.45, 7) is 0.237.